The van der Waals surface area contributed by atoms with Crippen molar-refractivity contribution in [3.05, 3.63) is 0 Å². The van der Waals surface area contributed by atoms with Crippen molar-refractivity contribution < 1.29 is 0 Å². The van der Waals surface area contributed by atoms with Crippen LogP contribution in [0, 0.1) is 0 Å². The van der Waals surface area contributed by atoms with Crippen molar-refractivity contribution in [2.75, 3.05) is 5.88 Å². The Balaban J connectivity index is 3.79. The zero-order valence-electron chi connectivity index (χ0n) is 5.00. The Labute approximate surface area is 75.5 Å². The average molecular weight is 226 g/mol. The highest BCUT2D eigenvalue weighted by Crippen LogP contribution is 2.36. The maximum Gasteiger partial charge on any atom is 0.345 e. The molecule has 56 valence electrons. The molecule has 0 saturated carbocycles. The molecule has 0 fully saturated rings. The predicted octanol–water partition coefficient (Wildman–Crippen LogP) is 3.66. The number of halogens is 4. The van der Waals surface area contributed by atoms with Gasteiger partial charge in [0.1, 0.15) is 0 Å². The lowest BCUT2D eigenvalue weighted by molar-refractivity contribution is 0.876. The van der Waals surface area contributed by atoms with E-state index >= 15 is 0 Å². The first-order chi connectivity index (χ1) is 4.02. The predicted molar refractivity (Wildman–Crippen MR) is 48.1 cm³/mol. The third-order valence-corrected chi connectivity index (χ3v) is 6.09. The maximum absolute atomic E-state index is 5.68. The molecule has 1 atom stereocenters. The van der Waals surface area contributed by atoms with Crippen molar-refractivity contribution in [1.82, 2.24) is 0 Å². The van der Waals surface area contributed by atoms with Gasteiger partial charge in [0.2, 0.25) is 0 Å². The second kappa shape index (κ2) is 4.30. The Morgan fingerprint density at radius 1 is 1.33 bits per heavy atom. The van der Waals surface area contributed by atoms with E-state index in [9.17, 15) is 0 Å². The number of hydrogen-bond acceptors (Lipinski definition) is 0. The van der Waals surface area contributed by atoms with Gasteiger partial charge in [0.25, 0.3) is 0 Å². The molecule has 0 saturated heterocycles. The average Bonchev–Trinajstić information content (AvgIpc) is 1.65. The standard InChI is InChI=1S/C4H8Cl4Si/c1-2-4(3-5)9(6,7)8/h4H,2-3H2,1H3. The number of rotatable bonds is 3. The van der Waals surface area contributed by atoms with Crippen LogP contribution in [-0.4, -0.2) is 11.9 Å². The summed E-state index contributed by atoms with van der Waals surface area (Å²) in [4.78, 5) is 0. The summed E-state index contributed by atoms with van der Waals surface area (Å²) in [5.41, 5.74) is 0.101. The van der Waals surface area contributed by atoms with Gasteiger partial charge in [-0.15, -0.1) is 44.8 Å². The molecular formula is C4H8Cl4Si. The highest BCUT2D eigenvalue weighted by atomic mass is 35.8. The van der Waals surface area contributed by atoms with E-state index in [0.717, 1.165) is 6.42 Å². The van der Waals surface area contributed by atoms with Gasteiger partial charge >= 0.3 is 6.00 Å². The highest BCUT2D eigenvalue weighted by Gasteiger charge is 2.34. The second-order valence-corrected chi connectivity index (χ2v) is 11.1. The van der Waals surface area contributed by atoms with Gasteiger partial charge in [-0.2, -0.15) is 0 Å². The molecule has 0 bridgehead atoms. The fourth-order valence-electron chi connectivity index (χ4n) is 0.428. The van der Waals surface area contributed by atoms with Gasteiger partial charge in [0.05, 0.1) is 0 Å². The molecule has 0 aliphatic carbocycles. The molecule has 0 aromatic carbocycles. The lowest BCUT2D eigenvalue weighted by atomic mass is 10.4. The largest absolute Gasteiger partial charge is 0.345 e. The van der Waals surface area contributed by atoms with Crippen molar-refractivity contribution in [3.63, 3.8) is 0 Å². The summed E-state index contributed by atoms with van der Waals surface area (Å²) in [6.45, 7) is 1.97. The van der Waals surface area contributed by atoms with Crippen LogP contribution >= 0.6 is 44.8 Å². The Morgan fingerprint density at radius 2 is 1.78 bits per heavy atom. The van der Waals surface area contributed by atoms with Gasteiger partial charge in [0.15, 0.2) is 0 Å². The van der Waals surface area contributed by atoms with E-state index < -0.39 is 6.00 Å². The fourth-order valence-corrected chi connectivity index (χ4v) is 4.77. The van der Waals surface area contributed by atoms with Crippen molar-refractivity contribution in [2.24, 2.45) is 0 Å². The topological polar surface area (TPSA) is 0 Å². The van der Waals surface area contributed by atoms with E-state index in [1.165, 1.54) is 0 Å². The molecule has 0 heterocycles. The van der Waals surface area contributed by atoms with Crippen LogP contribution in [0.5, 0.6) is 0 Å². The summed E-state index contributed by atoms with van der Waals surface area (Å²) in [5.74, 6) is 0.458. The second-order valence-electron chi connectivity index (χ2n) is 1.80. The van der Waals surface area contributed by atoms with Crippen molar-refractivity contribution in [3.8, 4) is 0 Å². The van der Waals surface area contributed by atoms with Gasteiger partial charge in [-0.25, -0.2) is 0 Å². The lowest BCUT2D eigenvalue weighted by Gasteiger charge is -2.16. The summed E-state index contributed by atoms with van der Waals surface area (Å²) >= 11 is 22.6. The summed E-state index contributed by atoms with van der Waals surface area (Å²) < 4.78 is 0. The molecule has 1 unspecified atom stereocenters. The molecule has 0 aliphatic heterocycles. The molecule has 0 aromatic heterocycles. The van der Waals surface area contributed by atoms with Crippen LogP contribution in [0.1, 0.15) is 13.3 Å². The van der Waals surface area contributed by atoms with Crippen LogP contribution in [0.4, 0.5) is 0 Å². The molecule has 9 heavy (non-hydrogen) atoms. The van der Waals surface area contributed by atoms with E-state index in [0.29, 0.717) is 5.88 Å². The number of alkyl halides is 1. The Morgan fingerprint density at radius 3 is 1.78 bits per heavy atom. The fraction of sp³-hybridized carbons (Fsp3) is 1.00. The Bertz CT molecular complexity index is 75.1. The van der Waals surface area contributed by atoms with Crippen molar-refractivity contribution in [2.45, 2.75) is 18.9 Å². The Hall–Kier alpha value is 1.38. The van der Waals surface area contributed by atoms with Crippen LogP contribution in [-0.2, 0) is 0 Å². The van der Waals surface area contributed by atoms with E-state index in [4.69, 9.17) is 44.8 Å². The first-order valence-electron chi connectivity index (χ1n) is 2.65. The summed E-state index contributed by atoms with van der Waals surface area (Å²) in [6, 6.07) is -2.50. The van der Waals surface area contributed by atoms with Gasteiger partial charge in [-0.05, 0) is 0 Å². The minimum absolute atomic E-state index is 0.101. The molecule has 0 nitrogen and oxygen atoms in total. The molecule has 0 aliphatic rings. The molecular weight excluding hydrogens is 218 g/mol. The minimum atomic E-state index is -2.50. The monoisotopic (exact) mass is 224 g/mol. The van der Waals surface area contributed by atoms with E-state index in [1.807, 2.05) is 6.92 Å². The third-order valence-electron chi connectivity index (χ3n) is 1.14. The van der Waals surface area contributed by atoms with Gasteiger partial charge < -0.3 is 0 Å². The molecule has 0 rings (SSSR count). The van der Waals surface area contributed by atoms with Crippen LogP contribution in [0.2, 0.25) is 5.54 Å². The maximum atomic E-state index is 5.68. The van der Waals surface area contributed by atoms with Crippen molar-refractivity contribution >= 4 is 50.8 Å². The van der Waals surface area contributed by atoms with E-state index in [2.05, 4.69) is 0 Å². The summed E-state index contributed by atoms with van der Waals surface area (Å²) in [7, 11) is 0. The van der Waals surface area contributed by atoms with E-state index in [1.54, 1.807) is 0 Å². The number of hydrogen-bond donors (Lipinski definition) is 0. The molecule has 0 aromatic rings. The minimum Gasteiger partial charge on any atom is -0.127 e. The van der Waals surface area contributed by atoms with Crippen LogP contribution in [0.15, 0.2) is 0 Å². The molecule has 0 radical (unpaired) electrons. The van der Waals surface area contributed by atoms with Gasteiger partial charge in [-0.3, -0.25) is 0 Å². The van der Waals surface area contributed by atoms with E-state index in [-0.39, 0.29) is 5.54 Å². The van der Waals surface area contributed by atoms with Gasteiger partial charge in [0, 0.05) is 11.4 Å². The molecule has 0 N–H and O–H groups in total. The molecule has 0 amide bonds. The van der Waals surface area contributed by atoms with Gasteiger partial charge in [-0.1, -0.05) is 13.3 Å². The first-order valence-corrected chi connectivity index (χ1v) is 8.29. The first kappa shape index (κ1) is 10.4. The highest BCUT2D eigenvalue weighted by molar-refractivity contribution is 7.65. The summed E-state index contributed by atoms with van der Waals surface area (Å²) in [6.07, 6.45) is 0.853. The molecule has 0 spiro atoms. The zero-order chi connectivity index (χ0) is 7.49. The van der Waals surface area contributed by atoms with Crippen LogP contribution in [0.3, 0.4) is 0 Å². The van der Waals surface area contributed by atoms with Crippen LogP contribution < -0.4 is 0 Å². The Kier molecular flexibility index (Phi) is 4.95. The normalized spacial score (nSPS) is 15.7. The lowest BCUT2D eigenvalue weighted by Crippen LogP contribution is -2.20. The summed E-state index contributed by atoms with van der Waals surface area (Å²) in [5, 5.41) is 0. The zero-order valence-corrected chi connectivity index (χ0v) is 9.03. The SMILES string of the molecule is CCC(CCl)[Si](Cl)(Cl)Cl. The van der Waals surface area contributed by atoms with Crippen molar-refractivity contribution in [1.29, 1.82) is 0 Å². The third kappa shape index (κ3) is 3.94. The quantitative estimate of drug-likeness (QED) is 0.391. The smallest absolute Gasteiger partial charge is 0.127 e. The van der Waals surface area contributed by atoms with Crippen LogP contribution in [0.25, 0.3) is 0 Å². The molecule has 5 heteroatoms.